The lowest BCUT2D eigenvalue weighted by Gasteiger charge is -2.44. The summed E-state index contributed by atoms with van der Waals surface area (Å²) in [5.41, 5.74) is 0. The summed E-state index contributed by atoms with van der Waals surface area (Å²) in [5, 5.41) is 0. The molecule has 1 aliphatic heterocycles. The second-order valence-electron chi connectivity index (χ2n) is 5.80. The van der Waals surface area contributed by atoms with Gasteiger partial charge >= 0.3 is 0 Å². The minimum absolute atomic E-state index is 0.220. The summed E-state index contributed by atoms with van der Waals surface area (Å²) in [7, 11) is 0. The summed E-state index contributed by atoms with van der Waals surface area (Å²) >= 11 is 0. The fourth-order valence-corrected chi connectivity index (χ4v) is 3.17. The van der Waals surface area contributed by atoms with Gasteiger partial charge in [0.05, 0.1) is 0 Å². The Morgan fingerprint density at radius 2 is 1.50 bits per heavy atom. The highest BCUT2D eigenvalue weighted by Crippen LogP contribution is 2.16. The number of amides is 1. The second kappa shape index (κ2) is 11.1. The van der Waals surface area contributed by atoms with E-state index in [0.29, 0.717) is 12.1 Å². The minimum Gasteiger partial charge on any atom is -0.335 e. The Kier molecular flexibility index (Phi) is 10.8. The zero-order valence-electron chi connectivity index (χ0n) is 14.6. The quantitative estimate of drug-likeness (QED) is 0.690. The lowest BCUT2D eigenvalue weighted by Crippen LogP contribution is -2.58. The fraction of sp³-hybridized carbons (Fsp3) is 0.941. The maximum Gasteiger partial charge on any atom is 0.220 e. The molecule has 1 rings (SSSR count). The Bertz CT molecular complexity index is 243. The van der Waals surface area contributed by atoms with Gasteiger partial charge in [-0.3, -0.25) is 9.69 Å². The monoisotopic (exact) mass is 284 g/mol. The van der Waals surface area contributed by atoms with Gasteiger partial charge in [-0.05, 0) is 26.8 Å². The van der Waals surface area contributed by atoms with Crippen LogP contribution in [0.15, 0.2) is 0 Å². The van der Waals surface area contributed by atoms with Crippen molar-refractivity contribution in [2.75, 3.05) is 19.6 Å². The van der Waals surface area contributed by atoms with Gasteiger partial charge in [-0.2, -0.15) is 0 Å². The first-order valence-electron chi connectivity index (χ1n) is 8.57. The molecule has 1 fully saturated rings. The molecule has 1 amide bonds. The molecular formula is C17H36N2O. The van der Waals surface area contributed by atoms with Gasteiger partial charge in [0.15, 0.2) is 0 Å². The van der Waals surface area contributed by atoms with Crippen LogP contribution in [-0.2, 0) is 4.79 Å². The lowest BCUT2D eigenvalue weighted by atomic mass is 10.1. The first-order valence-corrected chi connectivity index (χ1v) is 8.57. The van der Waals surface area contributed by atoms with Gasteiger partial charge in [-0.1, -0.05) is 46.5 Å². The van der Waals surface area contributed by atoms with Crippen molar-refractivity contribution >= 4 is 5.91 Å². The van der Waals surface area contributed by atoms with E-state index in [9.17, 15) is 4.79 Å². The van der Waals surface area contributed by atoms with Crippen molar-refractivity contribution in [1.29, 1.82) is 0 Å². The van der Waals surface area contributed by atoms with E-state index in [1.807, 2.05) is 18.7 Å². The molecule has 1 aliphatic rings. The van der Waals surface area contributed by atoms with Crippen molar-refractivity contribution in [3.8, 4) is 0 Å². The van der Waals surface area contributed by atoms with Gasteiger partial charge in [-0.25, -0.2) is 0 Å². The molecule has 0 N–H and O–H groups in total. The first-order chi connectivity index (χ1) is 9.56. The number of rotatable bonds is 6. The van der Waals surface area contributed by atoms with Crippen LogP contribution in [0.4, 0.5) is 0 Å². The number of hydrogen-bond acceptors (Lipinski definition) is 2. The molecule has 0 aromatic rings. The molecule has 2 atom stereocenters. The molecule has 0 aromatic carbocycles. The maximum absolute atomic E-state index is 11.6. The summed E-state index contributed by atoms with van der Waals surface area (Å²) in [6.07, 6.45) is 6.70. The van der Waals surface area contributed by atoms with Gasteiger partial charge in [-0.15, -0.1) is 0 Å². The van der Waals surface area contributed by atoms with E-state index in [-0.39, 0.29) is 5.91 Å². The molecule has 2 unspecified atom stereocenters. The molecule has 0 saturated carbocycles. The molecule has 0 spiro atoms. The zero-order valence-corrected chi connectivity index (χ0v) is 14.6. The van der Waals surface area contributed by atoms with Crippen molar-refractivity contribution in [3.63, 3.8) is 0 Å². The standard InChI is InChI=1S/C15H30N2O.C2H6/c1-5-6-7-8-9-10-16-11-13(2)17(15(4)18)14(3)12-16;1-2/h13-14H,5-12H2,1-4H3;1-2H3. The second-order valence-corrected chi connectivity index (χ2v) is 5.80. The zero-order chi connectivity index (χ0) is 15.5. The molecule has 1 saturated heterocycles. The van der Waals surface area contributed by atoms with Crippen molar-refractivity contribution in [1.82, 2.24) is 9.80 Å². The van der Waals surface area contributed by atoms with E-state index >= 15 is 0 Å². The van der Waals surface area contributed by atoms with E-state index in [1.54, 1.807) is 6.92 Å². The van der Waals surface area contributed by atoms with Crippen LogP contribution < -0.4 is 0 Å². The van der Waals surface area contributed by atoms with Crippen LogP contribution in [0.5, 0.6) is 0 Å². The largest absolute Gasteiger partial charge is 0.335 e. The number of hydrogen-bond donors (Lipinski definition) is 0. The normalized spacial score (nSPS) is 23.2. The molecule has 20 heavy (non-hydrogen) atoms. The molecule has 0 aromatic heterocycles. The van der Waals surface area contributed by atoms with Gasteiger partial charge in [0.1, 0.15) is 0 Å². The van der Waals surface area contributed by atoms with E-state index in [1.165, 1.54) is 38.6 Å². The van der Waals surface area contributed by atoms with E-state index in [4.69, 9.17) is 0 Å². The summed E-state index contributed by atoms with van der Waals surface area (Å²) in [5.74, 6) is 0.220. The molecule has 3 nitrogen and oxygen atoms in total. The third-order valence-corrected chi connectivity index (χ3v) is 3.94. The Hall–Kier alpha value is -0.570. The topological polar surface area (TPSA) is 23.6 Å². The third kappa shape index (κ3) is 6.74. The Labute approximate surface area is 126 Å². The van der Waals surface area contributed by atoms with Crippen LogP contribution in [-0.4, -0.2) is 47.4 Å². The van der Waals surface area contributed by atoms with E-state index < -0.39 is 0 Å². The summed E-state index contributed by atoms with van der Waals surface area (Å²) in [4.78, 5) is 16.1. The molecule has 0 aliphatic carbocycles. The van der Waals surface area contributed by atoms with Gasteiger partial charge in [0.2, 0.25) is 5.91 Å². The third-order valence-electron chi connectivity index (χ3n) is 3.94. The van der Waals surface area contributed by atoms with Crippen LogP contribution in [0.25, 0.3) is 0 Å². The van der Waals surface area contributed by atoms with Crippen molar-refractivity contribution in [3.05, 3.63) is 0 Å². The molecular weight excluding hydrogens is 248 g/mol. The minimum atomic E-state index is 0.220. The predicted octanol–water partition coefficient (Wildman–Crippen LogP) is 3.92. The first kappa shape index (κ1) is 19.4. The number of carbonyl (C=O) groups is 1. The summed E-state index contributed by atoms with van der Waals surface area (Å²) in [6.45, 7) is 15.6. The van der Waals surface area contributed by atoms with Crippen LogP contribution in [0.3, 0.4) is 0 Å². The SMILES string of the molecule is CC.CCCCCCCN1CC(C)N(C(C)=O)C(C)C1. The molecule has 1 heterocycles. The van der Waals surface area contributed by atoms with Crippen molar-refractivity contribution < 1.29 is 4.79 Å². The van der Waals surface area contributed by atoms with Gasteiger partial charge in [0, 0.05) is 32.1 Å². The van der Waals surface area contributed by atoms with Gasteiger partial charge < -0.3 is 4.90 Å². The van der Waals surface area contributed by atoms with Crippen molar-refractivity contribution in [2.45, 2.75) is 85.7 Å². The van der Waals surface area contributed by atoms with Crippen LogP contribution in [0, 0.1) is 0 Å². The van der Waals surface area contributed by atoms with Crippen LogP contribution in [0.2, 0.25) is 0 Å². The van der Waals surface area contributed by atoms with Gasteiger partial charge in [0.25, 0.3) is 0 Å². The fourth-order valence-electron chi connectivity index (χ4n) is 3.17. The molecule has 3 heteroatoms. The number of carbonyl (C=O) groups excluding carboxylic acids is 1. The number of piperazine rings is 1. The molecule has 0 radical (unpaired) electrons. The highest BCUT2D eigenvalue weighted by atomic mass is 16.2. The number of nitrogens with zero attached hydrogens (tertiary/aromatic N) is 2. The average molecular weight is 284 g/mol. The van der Waals surface area contributed by atoms with Crippen LogP contribution >= 0.6 is 0 Å². The van der Waals surface area contributed by atoms with E-state index in [0.717, 1.165) is 13.1 Å². The molecule has 0 bridgehead atoms. The highest BCUT2D eigenvalue weighted by molar-refractivity contribution is 5.74. The van der Waals surface area contributed by atoms with Crippen LogP contribution in [0.1, 0.15) is 73.6 Å². The maximum atomic E-state index is 11.6. The lowest BCUT2D eigenvalue weighted by molar-refractivity contribution is -0.136. The smallest absolute Gasteiger partial charge is 0.220 e. The average Bonchev–Trinajstić information content (AvgIpc) is 2.39. The predicted molar refractivity (Wildman–Crippen MR) is 88.0 cm³/mol. The Balaban J connectivity index is 0.00000172. The Morgan fingerprint density at radius 1 is 1.00 bits per heavy atom. The highest BCUT2D eigenvalue weighted by Gasteiger charge is 2.30. The number of unbranched alkanes of at least 4 members (excludes halogenated alkanes) is 4. The summed E-state index contributed by atoms with van der Waals surface area (Å²) in [6, 6.07) is 0.726. The summed E-state index contributed by atoms with van der Waals surface area (Å²) < 4.78 is 0. The van der Waals surface area contributed by atoms with E-state index in [2.05, 4.69) is 25.7 Å². The molecule has 120 valence electrons. The van der Waals surface area contributed by atoms with Crippen molar-refractivity contribution in [2.24, 2.45) is 0 Å². The Morgan fingerprint density at radius 3 is 1.95 bits per heavy atom.